The highest BCUT2D eigenvalue weighted by Crippen LogP contribution is 2.23. The first-order valence-electron chi connectivity index (χ1n) is 7.89. The van der Waals surface area contributed by atoms with Gasteiger partial charge in [0.25, 0.3) is 0 Å². The summed E-state index contributed by atoms with van der Waals surface area (Å²) in [7, 11) is 0. The molecule has 0 aliphatic rings. The fourth-order valence-electron chi connectivity index (χ4n) is 2.83. The Balaban J connectivity index is 1.70. The molecule has 0 saturated heterocycles. The summed E-state index contributed by atoms with van der Waals surface area (Å²) >= 11 is 0. The van der Waals surface area contributed by atoms with Gasteiger partial charge in [-0.1, -0.05) is 36.4 Å². The third-order valence-corrected chi connectivity index (χ3v) is 4.04. The minimum absolute atomic E-state index is 0.00913. The Morgan fingerprint density at radius 2 is 1.88 bits per heavy atom. The van der Waals surface area contributed by atoms with E-state index in [0.717, 1.165) is 22.2 Å². The summed E-state index contributed by atoms with van der Waals surface area (Å²) in [4.78, 5) is 19.8. The molecule has 0 aliphatic carbocycles. The molecular formula is C20H15N3O2. The van der Waals surface area contributed by atoms with Crippen molar-refractivity contribution < 1.29 is 9.90 Å². The molecule has 5 nitrogen and oxygen atoms in total. The Labute approximate surface area is 144 Å². The monoisotopic (exact) mass is 329 g/mol. The van der Waals surface area contributed by atoms with E-state index < -0.39 is 5.97 Å². The summed E-state index contributed by atoms with van der Waals surface area (Å²) in [5.74, 6) is -0.198. The Hall–Kier alpha value is -3.47. The molecule has 0 aliphatic heterocycles. The smallest absolute Gasteiger partial charge is 0.307 e. The zero-order valence-corrected chi connectivity index (χ0v) is 13.3. The zero-order chi connectivity index (χ0) is 17.2. The summed E-state index contributed by atoms with van der Waals surface area (Å²) in [6.07, 6.45) is 6.95. The number of hydrogen-bond donors (Lipinski definition) is 1. The molecule has 0 spiro atoms. The second kappa shape index (κ2) is 6.20. The molecule has 2 aromatic carbocycles. The number of nitrogens with zero attached hydrogens (tertiary/aromatic N) is 3. The average molecular weight is 329 g/mol. The molecule has 4 aromatic rings. The summed E-state index contributed by atoms with van der Waals surface area (Å²) in [6, 6.07) is 16.1. The van der Waals surface area contributed by atoms with Crippen LogP contribution in [0.2, 0.25) is 0 Å². The molecule has 0 unspecified atom stereocenters. The molecule has 0 saturated carbocycles. The van der Waals surface area contributed by atoms with Crippen LogP contribution in [0.25, 0.3) is 27.8 Å². The Morgan fingerprint density at radius 1 is 1.04 bits per heavy atom. The average Bonchev–Trinajstić information content (AvgIpc) is 3.09. The summed E-state index contributed by atoms with van der Waals surface area (Å²) in [5, 5.41) is 11.2. The molecular weight excluding hydrogens is 314 g/mol. The second-order valence-electron chi connectivity index (χ2n) is 5.82. The standard InChI is InChI=1S/C20H15N3O2/c24-20(25)9-14-7-8-23(13-14)19-12-21-11-18(22-19)17-6-5-15-3-1-2-4-16(15)10-17/h1-8,10-13H,9H2,(H,24,25). The van der Waals surface area contributed by atoms with E-state index in [4.69, 9.17) is 5.11 Å². The largest absolute Gasteiger partial charge is 0.481 e. The predicted octanol–water partition coefficient (Wildman–Crippen LogP) is 3.71. The second-order valence-corrected chi connectivity index (χ2v) is 5.82. The SMILES string of the molecule is O=C(O)Cc1ccn(-c2cncc(-c3ccc4ccccc4c3)n2)c1. The molecule has 5 heteroatoms. The molecule has 2 heterocycles. The van der Waals surface area contributed by atoms with E-state index in [1.165, 1.54) is 5.39 Å². The maximum absolute atomic E-state index is 10.8. The van der Waals surface area contributed by atoms with Crippen LogP contribution in [-0.4, -0.2) is 25.6 Å². The van der Waals surface area contributed by atoms with Crippen molar-refractivity contribution in [3.05, 3.63) is 78.9 Å². The highest BCUT2D eigenvalue weighted by Gasteiger charge is 2.07. The fourth-order valence-corrected chi connectivity index (χ4v) is 2.83. The van der Waals surface area contributed by atoms with E-state index in [9.17, 15) is 4.79 Å². The molecule has 25 heavy (non-hydrogen) atoms. The van der Waals surface area contributed by atoms with Crippen molar-refractivity contribution >= 4 is 16.7 Å². The topological polar surface area (TPSA) is 68.0 Å². The number of fused-ring (bicyclic) bond motifs is 1. The van der Waals surface area contributed by atoms with Crippen LogP contribution in [0.4, 0.5) is 0 Å². The lowest BCUT2D eigenvalue weighted by molar-refractivity contribution is -0.136. The van der Waals surface area contributed by atoms with Crippen molar-refractivity contribution in [2.45, 2.75) is 6.42 Å². The molecule has 1 N–H and O–H groups in total. The van der Waals surface area contributed by atoms with Crippen LogP contribution in [0.3, 0.4) is 0 Å². The van der Waals surface area contributed by atoms with Crippen LogP contribution in [0, 0.1) is 0 Å². The van der Waals surface area contributed by atoms with Gasteiger partial charge in [0, 0.05) is 18.0 Å². The van der Waals surface area contributed by atoms with Gasteiger partial charge < -0.3 is 9.67 Å². The van der Waals surface area contributed by atoms with E-state index in [2.05, 4.69) is 34.2 Å². The van der Waals surface area contributed by atoms with Gasteiger partial charge in [-0.05, 0) is 28.5 Å². The van der Waals surface area contributed by atoms with Gasteiger partial charge in [0.05, 0.1) is 24.5 Å². The van der Waals surface area contributed by atoms with E-state index >= 15 is 0 Å². The Bertz CT molecular complexity index is 1070. The van der Waals surface area contributed by atoms with Crippen LogP contribution in [0.5, 0.6) is 0 Å². The first-order chi connectivity index (χ1) is 12.2. The quantitative estimate of drug-likeness (QED) is 0.620. The molecule has 0 amide bonds. The number of carbonyl (C=O) groups is 1. The lowest BCUT2D eigenvalue weighted by Crippen LogP contribution is -2.00. The number of benzene rings is 2. The zero-order valence-electron chi connectivity index (χ0n) is 13.3. The molecule has 2 aromatic heterocycles. The van der Waals surface area contributed by atoms with Crippen molar-refractivity contribution in [2.75, 3.05) is 0 Å². The van der Waals surface area contributed by atoms with E-state index in [0.29, 0.717) is 5.82 Å². The van der Waals surface area contributed by atoms with Crippen LogP contribution in [0.15, 0.2) is 73.3 Å². The van der Waals surface area contributed by atoms with E-state index in [-0.39, 0.29) is 6.42 Å². The lowest BCUT2D eigenvalue weighted by atomic mass is 10.1. The van der Waals surface area contributed by atoms with Crippen molar-refractivity contribution in [3.63, 3.8) is 0 Å². The van der Waals surface area contributed by atoms with Gasteiger partial charge in [0.1, 0.15) is 0 Å². The van der Waals surface area contributed by atoms with Gasteiger partial charge in [-0.15, -0.1) is 0 Å². The van der Waals surface area contributed by atoms with Crippen molar-refractivity contribution in [3.8, 4) is 17.1 Å². The first-order valence-corrected chi connectivity index (χ1v) is 7.89. The number of aromatic nitrogens is 3. The maximum Gasteiger partial charge on any atom is 0.307 e. The van der Waals surface area contributed by atoms with Crippen molar-refractivity contribution in [1.29, 1.82) is 0 Å². The van der Waals surface area contributed by atoms with Crippen LogP contribution in [0.1, 0.15) is 5.56 Å². The summed E-state index contributed by atoms with van der Waals surface area (Å²) in [6.45, 7) is 0. The van der Waals surface area contributed by atoms with E-state index in [1.807, 2.05) is 18.2 Å². The number of hydrogen-bond acceptors (Lipinski definition) is 3. The molecule has 4 rings (SSSR count). The minimum atomic E-state index is -0.853. The summed E-state index contributed by atoms with van der Waals surface area (Å²) < 4.78 is 1.79. The number of carboxylic acid groups (broad SMARTS) is 1. The van der Waals surface area contributed by atoms with Gasteiger partial charge in [-0.3, -0.25) is 9.78 Å². The van der Waals surface area contributed by atoms with Crippen molar-refractivity contribution in [2.24, 2.45) is 0 Å². The van der Waals surface area contributed by atoms with Gasteiger partial charge in [-0.2, -0.15) is 0 Å². The van der Waals surface area contributed by atoms with Crippen LogP contribution >= 0.6 is 0 Å². The Kier molecular flexibility index (Phi) is 3.74. The number of rotatable bonds is 4. The minimum Gasteiger partial charge on any atom is -0.481 e. The van der Waals surface area contributed by atoms with Gasteiger partial charge >= 0.3 is 5.97 Å². The van der Waals surface area contributed by atoms with E-state index in [1.54, 1.807) is 35.4 Å². The Morgan fingerprint density at radius 3 is 2.72 bits per heavy atom. The number of carboxylic acids is 1. The maximum atomic E-state index is 10.8. The highest BCUT2D eigenvalue weighted by molar-refractivity contribution is 5.86. The summed E-state index contributed by atoms with van der Waals surface area (Å²) in [5.41, 5.74) is 2.49. The van der Waals surface area contributed by atoms with Crippen LogP contribution in [-0.2, 0) is 11.2 Å². The van der Waals surface area contributed by atoms with Crippen molar-refractivity contribution in [1.82, 2.24) is 14.5 Å². The van der Waals surface area contributed by atoms with Crippen LogP contribution < -0.4 is 0 Å². The van der Waals surface area contributed by atoms with Gasteiger partial charge in [-0.25, -0.2) is 4.98 Å². The molecule has 0 fully saturated rings. The van der Waals surface area contributed by atoms with Gasteiger partial charge in [0.15, 0.2) is 5.82 Å². The van der Waals surface area contributed by atoms with Gasteiger partial charge in [0.2, 0.25) is 0 Å². The third-order valence-electron chi connectivity index (χ3n) is 4.04. The number of aliphatic carboxylic acids is 1. The highest BCUT2D eigenvalue weighted by atomic mass is 16.4. The lowest BCUT2D eigenvalue weighted by Gasteiger charge is -2.06. The molecule has 0 bridgehead atoms. The first kappa shape index (κ1) is 15.1. The molecule has 0 atom stereocenters. The molecule has 122 valence electrons. The molecule has 0 radical (unpaired) electrons. The fraction of sp³-hybridized carbons (Fsp3) is 0.0500. The predicted molar refractivity (Wildman–Crippen MR) is 95.6 cm³/mol. The third kappa shape index (κ3) is 3.12. The normalized spacial score (nSPS) is 10.9.